The molecule has 0 aliphatic heterocycles. The van der Waals surface area contributed by atoms with Gasteiger partial charge in [-0.2, -0.15) is 4.98 Å². The minimum Gasteiger partial charge on any atom is -0.366 e. The minimum atomic E-state index is 0.196. The van der Waals surface area contributed by atoms with Crippen LogP contribution >= 0.6 is 0 Å². The van der Waals surface area contributed by atoms with Crippen molar-refractivity contribution < 1.29 is 0 Å². The van der Waals surface area contributed by atoms with Crippen molar-refractivity contribution >= 4 is 17.7 Å². The predicted octanol–water partition coefficient (Wildman–Crippen LogP) is 2.36. The van der Waals surface area contributed by atoms with E-state index in [0.717, 1.165) is 30.5 Å². The molecule has 106 valence electrons. The van der Waals surface area contributed by atoms with E-state index in [1.54, 1.807) is 10.8 Å². The van der Waals surface area contributed by atoms with E-state index in [1.807, 2.05) is 6.92 Å². The van der Waals surface area contributed by atoms with Crippen LogP contribution in [-0.4, -0.2) is 20.8 Å². The Balaban J connectivity index is 2.20. The molecule has 20 heavy (non-hydrogen) atoms. The first kappa shape index (κ1) is 14.3. The van der Waals surface area contributed by atoms with Crippen LogP contribution < -0.4 is 11.5 Å². The second-order valence-corrected chi connectivity index (χ2v) is 5.09. The molecule has 0 fully saturated rings. The summed E-state index contributed by atoms with van der Waals surface area (Å²) >= 11 is 0. The lowest BCUT2D eigenvalue weighted by molar-refractivity contribution is 0.698. The fourth-order valence-electron chi connectivity index (χ4n) is 2.31. The zero-order valence-electron chi connectivity index (χ0n) is 11.8. The molecule has 1 atom stereocenters. The van der Waals surface area contributed by atoms with Crippen LogP contribution in [0, 0.1) is 0 Å². The normalized spacial score (nSPS) is 16.3. The molecule has 1 aromatic heterocycles. The molecule has 0 radical (unpaired) electrons. The molecule has 5 nitrogen and oxygen atoms in total. The Kier molecular flexibility index (Phi) is 4.20. The highest BCUT2D eigenvalue weighted by atomic mass is 15.4. The Labute approximate surface area is 119 Å². The molecule has 1 unspecified atom stereocenters. The van der Waals surface area contributed by atoms with Gasteiger partial charge in [0.15, 0.2) is 5.82 Å². The second kappa shape index (κ2) is 5.88. The lowest BCUT2D eigenvalue weighted by Gasteiger charge is -2.18. The Bertz CT molecular complexity index is 589. The SMILES string of the molecule is C=Cc1nc(N)nn1C(=C)C1=CC=C(CC(C)N)CC1. The molecule has 1 aliphatic carbocycles. The van der Waals surface area contributed by atoms with Gasteiger partial charge in [-0.15, -0.1) is 5.10 Å². The van der Waals surface area contributed by atoms with Gasteiger partial charge in [-0.3, -0.25) is 0 Å². The molecular formula is C15H21N5. The number of anilines is 1. The number of hydrogen-bond acceptors (Lipinski definition) is 4. The van der Waals surface area contributed by atoms with Gasteiger partial charge in [-0.1, -0.05) is 30.9 Å². The van der Waals surface area contributed by atoms with Gasteiger partial charge in [-0.05, 0) is 37.8 Å². The van der Waals surface area contributed by atoms with E-state index in [2.05, 4.69) is 35.4 Å². The van der Waals surface area contributed by atoms with Crippen LogP contribution in [0.25, 0.3) is 11.8 Å². The molecule has 4 N–H and O–H groups in total. The van der Waals surface area contributed by atoms with Crippen molar-refractivity contribution in [3.8, 4) is 0 Å². The quantitative estimate of drug-likeness (QED) is 0.861. The highest BCUT2D eigenvalue weighted by molar-refractivity contribution is 5.65. The van der Waals surface area contributed by atoms with E-state index in [1.165, 1.54) is 5.57 Å². The van der Waals surface area contributed by atoms with Crippen LogP contribution in [-0.2, 0) is 0 Å². The average Bonchev–Trinajstić information content (AvgIpc) is 2.79. The van der Waals surface area contributed by atoms with Gasteiger partial charge in [0.25, 0.3) is 0 Å². The third-order valence-electron chi connectivity index (χ3n) is 3.28. The summed E-state index contributed by atoms with van der Waals surface area (Å²) in [4.78, 5) is 4.09. The number of nitrogens with zero attached hydrogens (tertiary/aromatic N) is 3. The summed E-state index contributed by atoms with van der Waals surface area (Å²) in [6.07, 6.45) is 8.68. The smallest absolute Gasteiger partial charge is 0.240 e. The topological polar surface area (TPSA) is 82.8 Å². The van der Waals surface area contributed by atoms with E-state index < -0.39 is 0 Å². The van der Waals surface area contributed by atoms with Gasteiger partial charge in [0, 0.05) is 6.04 Å². The fourth-order valence-corrected chi connectivity index (χ4v) is 2.31. The summed E-state index contributed by atoms with van der Waals surface area (Å²) < 4.78 is 1.64. The van der Waals surface area contributed by atoms with Crippen LogP contribution in [0.3, 0.4) is 0 Å². The van der Waals surface area contributed by atoms with Gasteiger partial charge in [0.1, 0.15) is 0 Å². The van der Waals surface area contributed by atoms with E-state index in [-0.39, 0.29) is 12.0 Å². The third-order valence-corrected chi connectivity index (χ3v) is 3.28. The summed E-state index contributed by atoms with van der Waals surface area (Å²) in [6, 6.07) is 0.196. The van der Waals surface area contributed by atoms with E-state index in [0.29, 0.717) is 5.82 Å². The van der Waals surface area contributed by atoms with Crippen LogP contribution in [0.1, 0.15) is 32.0 Å². The van der Waals surface area contributed by atoms with Gasteiger partial charge >= 0.3 is 0 Å². The first-order valence-electron chi connectivity index (χ1n) is 6.70. The Morgan fingerprint density at radius 2 is 2.25 bits per heavy atom. The van der Waals surface area contributed by atoms with Gasteiger partial charge in [0.2, 0.25) is 5.95 Å². The second-order valence-electron chi connectivity index (χ2n) is 5.09. The van der Waals surface area contributed by atoms with Crippen molar-refractivity contribution in [2.24, 2.45) is 5.73 Å². The van der Waals surface area contributed by atoms with Crippen molar-refractivity contribution in [2.45, 2.75) is 32.2 Å². The van der Waals surface area contributed by atoms with Crippen molar-refractivity contribution in [3.05, 3.63) is 42.3 Å². The number of aromatic nitrogens is 3. The standard InChI is InChI=1S/C15H21N5/c1-4-14-18-15(17)19-20(14)11(3)13-7-5-12(6-8-13)9-10(2)16/h4-5,7,10H,1,3,6,8-9,16H2,2H3,(H2,17,19). The molecule has 0 aromatic carbocycles. The molecule has 0 saturated heterocycles. The summed E-state index contributed by atoms with van der Waals surface area (Å²) in [5.74, 6) is 0.837. The molecule has 2 rings (SSSR count). The van der Waals surface area contributed by atoms with Gasteiger partial charge in [-0.25, -0.2) is 4.68 Å². The van der Waals surface area contributed by atoms with Crippen LogP contribution in [0.5, 0.6) is 0 Å². The van der Waals surface area contributed by atoms with Crippen LogP contribution in [0.15, 0.2) is 36.5 Å². The molecule has 0 spiro atoms. The van der Waals surface area contributed by atoms with E-state index in [4.69, 9.17) is 11.5 Å². The summed E-state index contributed by atoms with van der Waals surface area (Å²) in [6.45, 7) is 9.82. The average molecular weight is 271 g/mol. The van der Waals surface area contributed by atoms with Crippen molar-refractivity contribution in [1.29, 1.82) is 0 Å². The minimum absolute atomic E-state index is 0.196. The van der Waals surface area contributed by atoms with Gasteiger partial charge in [0.05, 0.1) is 5.70 Å². The maximum absolute atomic E-state index is 5.82. The highest BCUT2D eigenvalue weighted by Crippen LogP contribution is 2.28. The first-order valence-corrected chi connectivity index (χ1v) is 6.70. The fraction of sp³-hybridized carbons (Fsp3) is 0.333. The van der Waals surface area contributed by atoms with Crippen molar-refractivity contribution in [2.75, 3.05) is 5.73 Å². The zero-order valence-corrected chi connectivity index (χ0v) is 11.8. The molecule has 1 heterocycles. The maximum atomic E-state index is 5.82. The van der Waals surface area contributed by atoms with Crippen LogP contribution in [0.4, 0.5) is 5.95 Å². The largest absolute Gasteiger partial charge is 0.366 e. The monoisotopic (exact) mass is 271 g/mol. The molecule has 0 bridgehead atoms. The number of hydrogen-bond donors (Lipinski definition) is 2. The number of allylic oxidation sites excluding steroid dienone is 4. The summed E-state index contributed by atoms with van der Waals surface area (Å²) in [5.41, 5.74) is 14.7. The number of nitrogens with two attached hydrogens (primary N) is 2. The maximum Gasteiger partial charge on any atom is 0.240 e. The van der Waals surface area contributed by atoms with Crippen molar-refractivity contribution in [3.63, 3.8) is 0 Å². The number of rotatable bonds is 5. The number of nitrogen functional groups attached to an aromatic ring is 1. The Morgan fingerprint density at radius 1 is 1.50 bits per heavy atom. The molecular weight excluding hydrogens is 250 g/mol. The van der Waals surface area contributed by atoms with Gasteiger partial charge < -0.3 is 11.5 Å². The Hall–Kier alpha value is -2.14. The zero-order chi connectivity index (χ0) is 14.7. The lowest BCUT2D eigenvalue weighted by Crippen LogP contribution is -2.16. The summed E-state index contributed by atoms with van der Waals surface area (Å²) in [5, 5.41) is 4.16. The van der Waals surface area contributed by atoms with Crippen molar-refractivity contribution in [1.82, 2.24) is 14.8 Å². The lowest BCUT2D eigenvalue weighted by atomic mass is 9.93. The van der Waals surface area contributed by atoms with Crippen LogP contribution in [0.2, 0.25) is 0 Å². The molecule has 1 aromatic rings. The molecule has 0 saturated carbocycles. The summed E-state index contributed by atoms with van der Waals surface area (Å²) in [7, 11) is 0. The Morgan fingerprint density at radius 3 is 2.80 bits per heavy atom. The molecule has 0 amide bonds. The highest BCUT2D eigenvalue weighted by Gasteiger charge is 2.15. The molecule has 1 aliphatic rings. The third kappa shape index (κ3) is 3.05. The predicted molar refractivity (Wildman–Crippen MR) is 83.5 cm³/mol. The van der Waals surface area contributed by atoms with E-state index >= 15 is 0 Å². The molecule has 5 heteroatoms. The first-order chi connectivity index (χ1) is 9.51. The van der Waals surface area contributed by atoms with E-state index in [9.17, 15) is 0 Å².